The zero-order valence-electron chi connectivity index (χ0n) is 24.4. The van der Waals surface area contributed by atoms with E-state index in [2.05, 4.69) is 5.32 Å². The Morgan fingerprint density at radius 3 is 2.17 bits per heavy atom. The minimum Gasteiger partial charge on any atom is -0.497 e. The number of carbonyl (C=O) groups excluding carboxylic acids is 2. The highest BCUT2D eigenvalue weighted by Crippen LogP contribution is 2.33. The Morgan fingerprint density at radius 1 is 0.952 bits per heavy atom. The van der Waals surface area contributed by atoms with Crippen molar-refractivity contribution in [3.8, 4) is 5.75 Å². The van der Waals surface area contributed by atoms with Crippen molar-refractivity contribution < 1.29 is 22.7 Å². The summed E-state index contributed by atoms with van der Waals surface area (Å²) in [6.45, 7) is 6.95. The number of aryl methyl sites for hydroxylation is 1. The first kappa shape index (κ1) is 33.2. The number of carbonyl (C=O) groups is 2. The first-order valence-electron chi connectivity index (χ1n) is 13.7. The van der Waals surface area contributed by atoms with Crippen LogP contribution in [0.15, 0.2) is 71.6 Å². The van der Waals surface area contributed by atoms with E-state index in [1.54, 1.807) is 43.5 Å². The molecule has 226 valence electrons. The molecule has 2 amide bonds. The second kappa shape index (κ2) is 14.8. The van der Waals surface area contributed by atoms with Gasteiger partial charge in [0.25, 0.3) is 10.0 Å². The van der Waals surface area contributed by atoms with Gasteiger partial charge in [0, 0.05) is 17.6 Å². The summed E-state index contributed by atoms with van der Waals surface area (Å²) in [5.41, 5.74) is 1.67. The van der Waals surface area contributed by atoms with Gasteiger partial charge in [-0.2, -0.15) is 0 Å². The summed E-state index contributed by atoms with van der Waals surface area (Å²) in [6.07, 6.45) is 1.03. The Balaban J connectivity index is 2.09. The van der Waals surface area contributed by atoms with Gasteiger partial charge in [0.05, 0.1) is 22.7 Å². The van der Waals surface area contributed by atoms with Gasteiger partial charge in [-0.3, -0.25) is 13.9 Å². The van der Waals surface area contributed by atoms with Crippen LogP contribution in [-0.4, -0.2) is 50.9 Å². The third-order valence-corrected chi connectivity index (χ3v) is 9.29. The summed E-state index contributed by atoms with van der Waals surface area (Å²) in [5.74, 6) is -0.254. The maximum atomic E-state index is 14.2. The number of rotatable bonds is 13. The van der Waals surface area contributed by atoms with Crippen molar-refractivity contribution in [2.75, 3.05) is 18.0 Å². The minimum atomic E-state index is -4.27. The van der Waals surface area contributed by atoms with Crippen molar-refractivity contribution in [1.29, 1.82) is 0 Å². The number of hydrogen-bond donors (Lipinski definition) is 1. The molecule has 0 unspecified atom stereocenters. The van der Waals surface area contributed by atoms with Crippen LogP contribution >= 0.6 is 23.2 Å². The van der Waals surface area contributed by atoms with E-state index < -0.39 is 28.5 Å². The molecule has 0 radical (unpaired) electrons. The molecule has 42 heavy (non-hydrogen) atoms. The first-order valence-corrected chi connectivity index (χ1v) is 15.9. The van der Waals surface area contributed by atoms with Crippen LogP contribution < -0.4 is 14.4 Å². The molecule has 3 aromatic rings. The van der Waals surface area contributed by atoms with Crippen LogP contribution in [0.2, 0.25) is 10.0 Å². The van der Waals surface area contributed by atoms with Crippen LogP contribution in [-0.2, 0) is 26.2 Å². The van der Waals surface area contributed by atoms with E-state index in [0.29, 0.717) is 18.6 Å². The van der Waals surface area contributed by atoms with Gasteiger partial charge in [-0.25, -0.2) is 8.42 Å². The van der Waals surface area contributed by atoms with Crippen LogP contribution in [0.5, 0.6) is 5.75 Å². The van der Waals surface area contributed by atoms with E-state index >= 15 is 0 Å². The lowest BCUT2D eigenvalue weighted by atomic mass is 10.1. The monoisotopic (exact) mass is 633 g/mol. The number of nitrogens with zero attached hydrogens (tertiary/aromatic N) is 2. The van der Waals surface area contributed by atoms with E-state index in [0.717, 1.165) is 15.4 Å². The number of nitrogens with one attached hydrogen (secondary N) is 1. The SMILES string of the molecule is CC[C@@H](C)NC(=O)[C@@H](CC)N(Cc1ccc(OC)cc1)C(=O)CN(c1cc(Cl)ccc1Cl)S(=O)(=O)c1ccc(C)cc1. The van der Waals surface area contributed by atoms with Crippen LogP contribution in [0, 0.1) is 6.92 Å². The van der Waals surface area contributed by atoms with Gasteiger partial charge >= 0.3 is 0 Å². The molecule has 0 fully saturated rings. The molecule has 0 aromatic heterocycles. The van der Waals surface area contributed by atoms with Gasteiger partial charge in [-0.1, -0.05) is 66.9 Å². The van der Waals surface area contributed by atoms with Crippen molar-refractivity contribution in [1.82, 2.24) is 10.2 Å². The molecule has 1 N–H and O–H groups in total. The summed E-state index contributed by atoms with van der Waals surface area (Å²) >= 11 is 12.7. The predicted octanol–water partition coefficient (Wildman–Crippen LogP) is 6.23. The molecule has 0 saturated heterocycles. The lowest BCUT2D eigenvalue weighted by Gasteiger charge is -2.34. The lowest BCUT2D eigenvalue weighted by Crippen LogP contribution is -2.53. The average molecular weight is 635 g/mol. The molecule has 0 saturated carbocycles. The van der Waals surface area contributed by atoms with Crippen molar-refractivity contribution in [3.05, 3.63) is 87.9 Å². The minimum absolute atomic E-state index is 0.0137. The van der Waals surface area contributed by atoms with Crippen molar-refractivity contribution in [3.63, 3.8) is 0 Å². The molecule has 8 nitrogen and oxygen atoms in total. The predicted molar refractivity (Wildman–Crippen MR) is 168 cm³/mol. The Hall–Kier alpha value is -3.27. The number of methoxy groups -OCH3 is 1. The molecule has 0 heterocycles. The highest BCUT2D eigenvalue weighted by molar-refractivity contribution is 7.92. The highest BCUT2D eigenvalue weighted by atomic mass is 35.5. The molecule has 0 aliphatic rings. The van der Waals surface area contributed by atoms with E-state index in [4.69, 9.17) is 27.9 Å². The fourth-order valence-electron chi connectivity index (χ4n) is 4.32. The van der Waals surface area contributed by atoms with Gasteiger partial charge in [-0.15, -0.1) is 0 Å². The van der Waals surface area contributed by atoms with Gasteiger partial charge in [0.2, 0.25) is 11.8 Å². The molecular weight excluding hydrogens is 597 g/mol. The molecule has 11 heteroatoms. The normalized spacial score (nSPS) is 12.7. The molecule has 0 bridgehead atoms. The van der Waals surface area contributed by atoms with Gasteiger partial charge in [0.1, 0.15) is 18.3 Å². The maximum absolute atomic E-state index is 14.2. The Morgan fingerprint density at radius 2 is 1.60 bits per heavy atom. The van der Waals surface area contributed by atoms with Gasteiger partial charge < -0.3 is 15.0 Å². The van der Waals surface area contributed by atoms with Crippen molar-refractivity contribution in [2.45, 2.75) is 64.1 Å². The van der Waals surface area contributed by atoms with Crippen LogP contribution in [0.3, 0.4) is 0 Å². The van der Waals surface area contributed by atoms with Crippen LogP contribution in [0.1, 0.15) is 44.7 Å². The molecular formula is C31H37Cl2N3O5S. The molecule has 3 aromatic carbocycles. The highest BCUT2D eigenvalue weighted by Gasteiger charge is 2.34. The quantitative estimate of drug-likeness (QED) is 0.241. The number of halogens is 2. The zero-order chi connectivity index (χ0) is 31.0. The molecule has 2 atom stereocenters. The molecule has 0 spiro atoms. The van der Waals surface area contributed by atoms with E-state index in [1.807, 2.05) is 27.7 Å². The van der Waals surface area contributed by atoms with E-state index in [9.17, 15) is 18.0 Å². The third kappa shape index (κ3) is 8.18. The number of sulfonamides is 1. The molecule has 0 aliphatic carbocycles. The second-order valence-corrected chi connectivity index (χ2v) is 12.7. The summed E-state index contributed by atoms with van der Waals surface area (Å²) in [4.78, 5) is 29.0. The van der Waals surface area contributed by atoms with Gasteiger partial charge in [0.15, 0.2) is 0 Å². The Labute approximate surface area is 258 Å². The van der Waals surface area contributed by atoms with E-state index in [-0.39, 0.29) is 39.1 Å². The second-order valence-electron chi connectivity index (χ2n) is 10.0. The van der Waals surface area contributed by atoms with Crippen LogP contribution in [0.4, 0.5) is 5.69 Å². The van der Waals surface area contributed by atoms with Crippen LogP contribution in [0.25, 0.3) is 0 Å². The molecule has 3 rings (SSSR count). The number of hydrogen-bond acceptors (Lipinski definition) is 5. The number of benzene rings is 3. The summed E-state index contributed by atoms with van der Waals surface area (Å²) in [6, 6.07) is 16.9. The fourth-order valence-corrected chi connectivity index (χ4v) is 6.18. The summed E-state index contributed by atoms with van der Waals surface area (Å²) < 4.78 is 34.2. The maximum Gasteiger partial charge on any atom is 0.264 e. The fraction of sp³-hybridized carbons (Fsp3) is 0.355. The third-order valence-electron chi connectivity index (χ3n) is 6.96. The lowest BCUT2D eigenvalue weighted by molar-refractivity contribution is -0.140. The Kier molecular flexibility index (Phi) is 11.7. The number of amides is 2. The summed E-state index contributed by atoms with van der Waals surface area (Å²) in [7, 11) is -2.71. The first-order chi connectivity index (χ1) is 19.9. The van der Waals surface area contributed by atoms with Crippen molar-refractivity contribution >= 4 is 50.7 Å². The molecule has 0 aliphatic heterocycles. The number of anilines is 1. The zero-order valence-corrected chi connectivity index (χ0v) is 26.8. The summed E-state index contributed by atoms with van der Waals surface area (Å²) in [5, 5.41) is 3.31. The van der Waals surface area contributed by atoms with Crippen molar-refractivity contribution in [2.24, 2.45) is 0 Å². The Bertz CT molecular complexity index is 1480. The van der Waals surface area contributed by atoms with E-state index in [1.165, 1.54) is 35.2 Å². The number of ether oxygens (including phenoxy) is 1. The standard InChI is InChI=1S/C31H37Cl2N3O5S/c1-6-22(4)34-31(38)28(7-2)35(19-23-10-13-25(41-5)14-11-23)30(37)20-36(29-18-24(32)12-17-27(29)33)42(39,40)26-15-8-21(3)9-16-26/h8-18,22,28H,6-7,19-20H2,1-5H3,(H,34,38)/t22-,28-/m1/s1. The largest absolute Gasteiger partial charge is 0.497 e. The smallest absolute Gasteiger partial charge is 0.264 e. The average Bonchev–Trinajstić information content (AvgIpc) is 2.97. The topological polar surface area (TPSA) is 96.0 Å². The van der Waals surface area contributed by atoms with Gasteiger partial charge in [-0.05, 0) is 74.7 Å².